The Morgan fingerprint density at radius 3 is 2.38 bits per heavy atom. The highest BCUT2D eigenvalue weighted by Crippen LogP contribution is 2.29. The van der Waals surface area contributed by atoms with Crippen molar-refractivity contribution < 1.29 is 9.53 Å². The predicted octanol–water partition coefficient (Wildman–Crippen LogP) is 5.17. The van der Waals surface area contributed by atoms with Crippen molar-refractivity contribution in [3.63, 3.8) is 0 Å². The fraction of sp³-hybridized carbons (Fsp3) is 0.304. The molecular formula is C23H27N3O2S. The summed E-state index contributed by atoms with van der Waals surface area (Å²) in [5, 5.41) is 2.72. The first-order chi connectivity index (χ1) is 14.0. The van der Waals surface area contributed by atoms with Crippen molar-refractivity contribution in [3.05, 3.63) is 70.7 Å². The lowest BCUT2D eigenvalue weighted by Gasteiger charge is -2.18. The lowest BCUT2D eigenvalue weighted by molar-refractivity contribution is -0.115. The molecule has 6 heteroatoms. The number of aryl methyl sites for hydroxylation is 1. The average Bonchev–Trinajstić information content (AvgIpc) is 3.12. The smallest absolute Gasteiger partial charge is 0.230 e. The molecule has 152 valence electrons. The topological polar surface area (TPSA) is 45.7 Å². The maximum absolute atomic E-state index is 12.2. The maximum atomic E-state index is 12.2. The highest BCUT2D eigenvalue weighted by atomic mass is 32.1. The molecule has 0 aliphatic carbocycles. The van der Waals surface area contributed by atoms with Gasteiger partial charge in [0.25, 0.3) is 0 Å². The van der Waals surface area contributed by atoms with E-state index in [1.165, 1.54) is 16.9 Å². The minimum absolute atomic E-state index is 0.0440. The summed E-state index contributed by atoms with van der Waals surface area (Å²) in [5.41, 5.74) is 4.17. The monoisotopic (exact) mass is 409 g/mol. The van der Waals surface area contributed by atoms with E-state index >= 15 is 0 Å². The largest absolute Gasteiger partial charge is 0.494 e. The van der Waals surface area contributed by atoms with E-state index in [4.69, 9.17) is 9.72 Å². The van der Waals surface area contributed by atoms with Crippen LogP contribution < -0.4 is 9.64 Å². The molecule has 3 aromatic rings. The highest BCUT2D eigenvalue weighted by Gasteiger charge is 2.18. The number of carbonyl (C=O) groups is 1. The van der Waals surface area contributed by atoms with Crippen LogP contribution in [0.1, 0.15) is 30.7 Å². The van der Waals surface area contributed by atoms with Gasteiger partial charge >= 0.3 is 0 Å². The molecule has 0 bridgehead atoms. The van der Waals surface area contributed by atoms with Crippen LogP contribution in [0.2, 0.25) is 0 Å². The van der Waals surface area contributed by atoms with Gasteiger partial charge in [-0.3, -0.25) is 14.6 Å². The van der Waals surface area contributed by atoms with Gasteiger partial charge in [0, 0.05) is 25.4 Å². The molecule has 2 aromatic carbocycles. The quantitative estimate of drug-likeness (QED) is 0.515. The molecule has 0 saturated carbocycles. The summed E-state index contributed by atoms with van der Waals surface area (Å²) in [6.07, 6.45) is 0. The first kappa shape index (κ1) is 21.0. The number of rotatable bonds is 8. The minimum atomic E-state index is -0.0440. The second-order valence-corrected chi connectivity index (χ2v) is 7.90. The summed E-state index contributed by atoms with van der Waals surface area (Å²) in [6.45, 7) is 7.78. The number of amides is 1. The number of thiazole rings is 1. The van der Waals surface area contributed by atoms with Gasteiger partial charge in [0.15, 0.2) is 5.13 Å². The van der Waals surface area contributed by atoms with Crippen LogP contribution in [0.25, 0.3) is 0 Å². The number of carbonyl (C=O) groups excluding carboxylic acids is 1. The van der Waals surface area contributed by atoms with E-state index in [0.29, 0.717) is 18.3 Å². The second-order valence-electron chi connectivity index (χ2n) is 7.06. The highest BCUT2D eigenvalue weighted by molar-refractivity contribution is 7.14. The number of anilines is 2. The van der Waals surface area contributed by atoms with Gasteiger partial charge in [-0.15, -0.1) is 11.3 Å². The number of nitrogens with zero attached hydrogens (tertiary/aromatic N) is 3. The Kier molecular flexibility index (Phi) is 7.01. The molecule has 1 aromatic heterocycles. The first-order valence-corrected chi connectivity index (χ1v) is 10.6. The van der Waals surface area contributed by atoms with Crippen LogP contribution in [0.15, 0.2) is 53.9 Å². The number of aromatic nitrogens is 1. The summed E-state index contributed by atoms with van der Waals surface area (Å²) in [4.78, 5) is 20.8. The molecule has 0 spiro atoms. The molecule has 3 rings (SSSR count). The molecule has 0 fully saturated rings. The fourth-order valence-corrected chi connectivity index (χ4v) is 3.97. The molecule has 0 atom stereocenters. The van der Waals surface area contributed by atoms with Crippen LogP contribution in [-0.4, -0.2) is 29.4 Å². The van der Waals surface area contributed by atoms with Crippen molar-refractivity contribution >= 4 is 28.1 Å². The Bertz CT molecular complexity index is 936. The zero-order valence-electron chi connectivity index (χ0n) is 17.4. The SMILES string of the molecule is CCOc1ccc(CN(C)Cc2csc(N(C(C)=O)c3ccc(C)cc3)n2)cc1. The maximum Gasteiger partial charge on any atom is 0.230 e. The number of hydrogen-bond acceptors (Lipinski definition) is 5. The van der Waals surface area contributed by atoms with Gasteiger partial charge in [0.05, 0.1) is 18.0 Å². The Balaban J connectivity index is 1.66. The van der Waals surface area contributed by atoms with Crippen molar-refractivity contribution in [1.82, 2.24) is 9.88 Å². The minimum Gasteiger partial charge on any atom is -0.494 e. The van der Waals surface area contributed by atoms with Crippen molar-refractivity contribution in [3.8, 4) is 5.75 Å². The molecular weight excluding hydrogens is 382 g/mol. The zero-order valence-corrected chi connectivity index (χ0v) is 18.2. The summed E-state index contributed by atoms with van der Waals surface area (Å²) in [6, 6.07) is 16.1. The lowest BCUT2D eigenvalue weighted by Crippen LogP contribution is -2.23. The normalized spacial score (nSPS) is 10.9. The number of hydrogen-bond donors (Lipinski definition) is 0. The van der Waals surface area contributed by atoms with Crippen molar-refractivity contribution in [2.75, 3.05) is 18.6 Å². The molecule has 0 unspecified atom stereocenters. The Morgan fingerprint density at radius 2 is 1.76 bits per heavy atom. The molecule has 0 saturated heterocycles. The summed E-state index contributed by atoms with van der Waals surface area (Å²) in [7, 11) is 2.07. The van der Waals surface area contributed by atoms with Gasteiger partial charge in [-0.05, 0) is 50.7 Å². The third-order valence-electron chi connectivity index (χ3n) is 4.46. The van der Waals surface area contributed by atoms with Gasteiger partial charge in [0.2, 0.25) is 5.91 Å². The first-order valence-electron chi connectivity index (χ1n) is 9.68. The van der Waals surface area contributed by atoms with Crippen molar-refractivity contribution in [2.45, 2.75) is 33.9 Å². The molecule has 5 nitrogen and oxygen atoms in total. The Labute approximate surface area is 176 Å². The molecule has 29 heavy (non-hydrogen) atoms. The van der Waals surface area contributed by atoms with Crippen molar-refractivity contribution in [2.24, 2.45) is 0 Å². The Hall–Kier alpha value is -2.70. The molecule has 1 heterocycles. The van der Waals surface area contributed by atoms with Crippen LogP contribution in [0, 0.1) is 6.92 Å². The summed E-state index contributed by atoms with van der Waals surface area (Å²) in [5.74, 6) is 0.848. The van der Waals surface area contributed by atoms with Gasteiger partial charge in [0.1, 0.15) is 5.75 Å². The van der Waals surface area contributed by atoms with E-state index in [1.54, 1.807) is 11.8 Å². The Morgan fingerprint density at radius 1 is 1.07 bits per heavy atom. The van der Waals surface area contributed by atoms with Gasteiger partial charge < -0.3 is 4.74 Å². The number of ether oxygens (including phenoxy) is 1. The van der Waals surface area contributed by atoms with E-state index in [0.717, 1.165) is 29.2 Å². The third-order valence-corrected chi connectivity index (χ3v) is 5.33. The molecule has 0 N–H and O–H groups in total. The van der Waals surface area contributed by atoms with E-state index in [9.17, 15) is 4.79 Å². The van der Waals surface area contributed by atoms with Crippen LogP contribution in [0.3, 0.4) is 0 Å². The van der Waals surface area contributed by atoms with Crippen LogP contribution in [-0.2, 0) is 17.9 Å². The molecule has 1 amide bonds. The zero-order chi connectivity index (χ0) is 20.8. The predicted molar refractivity (Wildman–Crippen MR) is 119 cm³/mol. The van der Waals surface area contributed by atoms with E-state index in [2.05, 4.69) is 24.1 Å². The second kappa shape index (κ2) is 9.67. The summed E-state index contributed by atoms with van der Waals surface area (Å²) < 4.78 is 5.49. The number of benzene rings is 2. The lowest BCUT2D eigenvalue weighted by atomic mass is 10.2. The van der Waals surface area contributed by atoms with Crippen LogP contribution >= 0.6 is 11.3 Å². The standard InChI is InChI=1S/C23H27N3O2S/c1-5-28-22-12-8-19(9-13-22)14-25(4)15-20-16-29-23(24-20)26(18(3)27)21-10-6-17(2)7-11-21/h6-13,16H,5,14-15H2,1-4H3. The third kappa shape index (κ3) is 5.65. The molecule has 0 aliphatic rings. The summed E-state index contributed by atoms with van der Waals surface area (Å²) >= 11 is 1.49. The van der Waals surface area contributed by atoms with Crippen LogP contribution in [0.5, 0.6) is 5.75 Å². The molecule has 0 aliphatic heterocycles. The van der Waals surface area contributed by atoms with E-state index in [-0.39, 0.29) is 5.91 Å². The van der Waals surface area contributed by atoms with Crippen molar-refractivity contribution in [1.29, 1.82) is 0 Å². The van der Waals surface area contributed by atoms with Gasteiger partial charge in [-0.2, -0.15) is 0 Å². The fourth-order valence-electron chi connectivity index (χ4n) is 3.09. The average molecular weight is 410 g/mol. The van der Waals surface area contributed by atoms with Gasteiger partial charge in [-0.25, -0.2) is 4.98 Å². The molecule has 0 radical (unpaired) electrons. The van der Waals surface area contributed by atoms with Crippen LogP contribution in [0.4, 0.5) is 10.8 Å². The van der Waals surface area contributed by atoms with Gasteiger partial charge in [-0.1, -0.05) is 29.8 Å². The van der Waals surface area contributed by atoms with E-state index < -0.39 is 0 Å². The van der Waals surface area contributed by atoms with E-state index in [1.807, 2.05) is 55.6 Å².